The average Bonchev–Trinajstić information content (AvgIpc) is 2.47. The molecule has 2 rings (SSSR count). The van der Waals surface area contributed by atoms with Gasteiger partial charge in [0.05, 0.1) is 0 Å². The predicted octanol–water partition coefficient (Wildman–Crippen LogP) is 2.90. The number of rotatable bonds is 7. The normalized spacial score (nSPS) is 24.1. The van der Waals surface area contributed by atoms with E-state index in [0.29, 0.717) is 5.41 Å². The number of nitrogens with zero attached hydrogens (tertiary/aromatic N) is 1. The fraction of sp³-hybridized carbons (Fsp3) is 1.00. The van der Waals surface area contributed by atoms with Gasteiger partial charge in [-0.05, 0) is 50.6 Å². The summed E-state index contributed by atoms with van der Waals surface area (Å²) in [5.41, 5.74) is 0.536. The molecule has 3 heteroatoms. The highest BCUT2D eigenvalue weighted by molar-refractivity contribution is 4.87. The maximum Gasteiger partial charge on any atom is 0.0469 e. The number of nitrogens with one attached hydrogen (secondary N) is 1. The van der Waals surface area contributed by atoms with Crippen molar-refractivity contribution in [3.8, 4) is 0 Å². The van der Waals surface area contributed by atoms with E-state index in [2.05, 4.69) is 24.2 Å². The van der Waals surface area contributed by atoms with Gasteiger partial charge in [0.15, 0.2) is 0 Å². The third-order valence-electron chi connectivity index (χ3n) is 5.18. The lowest BCUT2D eigenvalue weighted by Gasteiger charge is -2.41. The molecular weight excluding hydrogens is 248 g/mol. The summed E-state index contributed by atoms with van der Waals surface area (Å²) < 4.78 is 5.48. The van der Waals surface area contributed by atoms with Crippen LogP contribution in [0.15, 0.2) is 0 Å². The molecule has 0 aromatic heterocycles. The summed E-state index contributed by atoms with van der Waals surface area (Å²) in [5, 5.41) is 3.62. The first kappa shape index (κ1) is 16.3. The summed E-state index contributed by atoms with van der Waals surface area (Å²) >= 11 is 0. The second kappa shape index (κ2) is 8.35. The van der Waals surface area contributed by atoms with Crippen molar-refractivity contribution in [1.29, 1.82) is 0 Å². The van der Waals surface area contributed by atoms with Gasteiger partial charge in [-0.2, -0.15) is 0 Å². The minimum Gasteiger partial charge on any atom is -0.381 e. The van der Waals surface area contributed by atoms with Gasteiger partial charge in [0.2, 0.25) is 0 Å². The molecule has 1 saturated heterocycles. The lowest BCUT2D eigenvalue weighted by molar-refractivity contribution is 0.0447. The zero-order chi connectivity index (χ0) is 14.3. The van der Waals surface area contributed by atoms with Gasteiger partial charge < -0.3 is 15.0 Å². The summed E-state index contributed by atoms with van der Waals surface area (Å²) in [6.45, 7) is 9.02. The molecule has 118 valence electrons. The minimum absolute atomic E-state index is 0.536. The van der Waals surface area contributed by atoms with E-state index in [4.69, 9.17) is 4.74 Å². The molecule has 0 atom stereocenters. The third kappa shape index (κ3) is 5.01. The molecule has 0 aromatic carbocycles. The summed E-state index contributed by atoms with van der Waals surface area (Å²) in [6, 6.07) is 0. The zero-order valence-corrected chi connectivity index (χ0v) is 13.6. The summed E-state index contributed by atoms with van der Waals surface area (Å²) in [6.07, 6.45) is 9.63. The van der Waals surface area contributed by atoms with Crippen LogP contribution < -0.4 is 5.32 Å². The Balaban J connectivity index is 1.82. The molecule has 0 spiro atoms. The Hall–Kier alpha value is -0.120. The van der Waals surface area contributed by atoms with Crippen LogP contribution in [0.25, 0.3) is 0 Å². The first-order valence-corrected chi connectivity index (χ1v) is 8.71. The van der Waals surface area contributed by atoms with Crippen LogP contribution in [0.4, 0.5) is 0 Å². The quantitative estimate of drug-likeness (QED) is 0.777. The topological polar surface area (TPSA) is 24.5 Å². The van der Waals surface area contributed by atoms with Crippen LogP contribution in [0.2, 0.25) is 0 Å². The lowest BCUT2D eigenvalue weighted by atomic mass is 9.73. The van der Waals surface area contributed by atoms with Gasteiger partial charge in [-0.1, -0.05) is 26.2 Å². The molecule has 1 saturated carbocycles. The van der Waals surface area contributed by atoms with Gasteiger partial charge >= 0.3 is 0 Å². The van der Waals surface area contributed by atoms with Gasteiger partial charge in [0.1, 0.15) is 0 Å². The van der Waals surface area contributed by atoms with Gasteiger partial charge in [0.25, 0.3) is 0 Å². The predicted molar refractivity (Wildman–Crippen MR) is 85.1 cm³/mol. The van der Waals surface area contributed by atoms with Crippen molar-refractivity contribution in [1.82, 2.24) is 10.2 Å². The van der Waals surface area contributed by atoms with E-state index >= 15 is 0 Å². The first-order chi connectivity index (χ1) is 9.74. The standard InChI is InChI=1S/C17H34N2O/c1-3-18-14-17(9-5-4-6-10-17)15-19(2)13-16-7-11-20-12-8-16/h16,18H,3-15H2,1-2H3. The summed E-state index contributed by atoms with van der Waals surface area (Å²) in [4.78, 5) is 2.61. The maximum atomic E-state index is 5.48. The highest BCUT2D eigenvalue weighted by Crippen LogP contribution is 2.36. The highest BCUT2D eigenvalue weighted by atomic mass is 16.5. The fourth-order valence-corrected chi connectivity index (χ4v) is 4.09. The Kier molecular flexibility index (Phi) is 6.79. The molecule has 1 aliphatic carbocycles. The van der Waals surface area contributed by atoms with Crippen molar-refractivity contribution in [3.63, 3.8) is 0 Å². The van der Waals surface area contributed by atoms with E-state index in [9.17, 15) is 0 Å². The Labute approximate surface area is 125 Å². The van der Waals surface area contributed by atoms with E-state index in [1.807, 2.05) is 0 Å². The summed E-state index contributed by atoms with van der Waals surface area (Å²) in [5.74, 6) is 0.855. The van der Waals surface area contributed by atoms with E-state index in [1.165, 1.54) is 64.6 Å². The fourth-order valence-electron chi connectivity index (χ4n) is 4.09. The SMILES string of the molecule is CCNCC1(CN(C)CC2CCOCC2)CCCCC1. The highest BCUT2D eigenvalue weighted by Gasteiger charge is 2.33. The van der Waals surface area contributed by atoms with Crippen molar-refractivity contribution in [2.45, 2.75) is 51.9 Å². The van der Waals surface area contributed by atoms with E-state index < -0.39 is 0 Å². The van der Waals surface area contributed by atoms with Crippen molar-refractivity contribution in [3.05, 3.63) is 0 Å². The molecule has 0 aromatic rings. The van der Waals surface area contributed by atoms with Crippen LogP contribution in [0.3, 0.4) is 0 Å². The van der Waals surface area contributed by atoms with Crippen LogP contribution >= 0.6 is 0 Å². The van der Waals surface area contributed by atoms with Gasteiger partial charge in [-0.3, -0.25) is 0 Å². The second-order valence-corrected chi connectivity index (χ2v) is 7.09. The van der Waals surface area contributed by atoms with Crippen LogP contribution in [-0.4, -0.2) is 51.3 Å². The van der Waals surface area contributed by atoms with Crippen molar-refractivity contribution in [2.75, 3.05) is 46.4 Å². The average molecular weight is 282 g/mol. The minimum atomic E-state index is 0.536. The van der Waals surface area contributed by atoms with Gasteiger partial charge in [0, 0.05) is 32.8 Å². The largest absolute Gasteiger partial charge is 0.381 e. The van der Waals surface area contributed by atoms with Crippen molar-refractivity contribution < 1.29 is 4.74 Å². The number of ether oxygens (including phenoxy) is 1. The number of hydrogen-bond acceptors (Lipinski definition) is 3. The Morgan fingerprint density at radius 2 is 1.85 bits per heavy atom. The lowest BCUT2D eigenvalue weighted by Crippen LogP contribution is -2.45. The molecular formula is C17H34N2O. The Bertz CT molecular complexity index is 258. The molecule has 0 radical (unpaired) electrons. The van der Waals surface area contributed by atoms with E-state index in [1.54, 1.807) is 0 Å². The molecule has 0 amide bonds. The maximum absolute atomic E-state index is 5.48. The zero-order valence-electron chi connectivity index (χ0n) is 13.6. The third-order valence-corrected chi connectivity index (χ3v) is 5.18. The van der Waals surface area contributed by atoms with Crippen molar-refractivity contribution >= 4 is 0 Å². The smallest absolute Gasteiger partial charge is 0.0469 e. The number of hydrogen-bond donors (Lipinski definition) is 1. The molecule has 0 unspecified atom stereocenters. The van der Waals surface area contributed by atoms with Crippen LogP contribution in [0, 0.1) is 11.3 Å². The molecule has 1 N–H and O–H groups in total. The second-order valence-electron chi connectivity index (χ2n) is 7.09. The first-order valence-electron chi connectivity index (χ1n) is 8.71. The van der Waals surface area contributed by atoms with Gasteiger partial charge in [-0.25, -0.2) is 0 Å². The molecule has 2 fully saturated rings. The van der Waals surface area contributed by atoms with Crippen LogP contribution in [0.1, 0.15) is 51.9 Å². The van der Waals surface area contributed by atoms with Crippen molar-refractivity contribution in [2.24, 2.45) is 11.3 Å². The molecule has 2 aliphatic rings. The van der Waals surface area contributed by atoms with Crippen LogP contribution in [0.5, 0.6) is 0 Å². The van der Waals surface area contributed by atoms with Gasteiger partial charge in [-0.15, -0.1) is 0 Å². The Morgan fingerprint density at radius 1 is 1.15 bits per heavy atom. The molecule has 1 heterocycles. The Morgan fingerprint density at radius 3 is 2.50 bits per heavy atom. The molecule has 20 heavy (non-hydrogen) atoms. The van der Waals surface area contributed by atoms with E-state index in [0.717, 1.165) is 25.7 Å². The molecule has 0 bridgehead atoms. The van der Waals surface area contributed by atoms with E-state index in [-0.39, 0.29) is 0 Å². The van der Waals surface area contributed by atoms with Crippen LogP contribution in [-0.2, 0) is 4.74 Å². The summed E-state index contributed by atoms with van der Waals surface area (Å²) in [7, 11) is 2.33. The monoisotopic (exact) mass is 282 g/mol. The molecule has 3 nitrogen and oxygen atoms in total. The molecule has 1 aliphatic heterocycles.